The van der Waals surface area contributed by atoms with E-state index >= 15 is 0 Å². The van der Waals surface area contributed by atoms with Gasteiger partial charge in [-0.15, -0.1) is 0 Å². The molecule has 1 heteroatoms. The van der Waals surface area contributed by atoms with E-state index in [9.17, 15) is 0 Å². The summed E-state index contributed by atoms with van der Waals surface area (Å²) < 4.78 is 0. The number of hydrogen-bond acceptors (Lipinski definition) is 1. The van der Waals surface area contributed by atoms with Crippen LogP contribution in [-0.4, -0.2) is 13.1 Å². The third kappa shape index (κ3) is 3.74. The molecule has 0 aromatic rings. The average Bonchev–Trinajstić information content (AvgIpc) is 2.66. The standard InChI is InChI=1S/C18H35N/c1-15(2)14-18(12-8-9-13-18)17(19-3)16-10-6-4-5-7-11-16/h15-17,19H,4-14H2,1-3H3. The van der Waals surface area contributed by atoms with Crippen molar-refractivity contribution in [3.63, 3.8) is 0 Å². The fourth-order valence-electron chi connectivity index (χ4n) is 5.22. The third-order valence-electron chi connectivity index (χ3n) is 5.76. The molecule has 0 bridgehead atoms. The number of hydrogen-bond donors (Lipinski definition) is 1. The molecule has 1 N–H and O–H groups in total. The van der Waals surface area contributed by atoms with Crippen molar-refractivity contribution >= 4 is 0 Å². The van der Waals surface area contributed by atoms with Crippen molar-refractivity contribution in [2.24, 2.45) is 17.3 Å². The minimum absolute atomic E-state index is 0.623. The number of nitrogens with one attached hydrogen (secondary N) is 1. The molecule has 1 atom stereocenters. The van der Waals surface area contributed by atoms with Gasteiger partial charge in [0, 0.05) is 6.04 Å². The minimum atomic E-state index is 0.623. The molecule has 0 amide bonds. The highest BCUT2D eigenvalue weighted by Crippen LogP contribution is 2.49. The van der Waals surface area contributed by atoms with Gasteiger partial charge in [0.1, 0.15) is 0 Å². The van der Waals surface area contributed by atoms with Gasteiger partial charge in [0.2, 0.25) is 0 Å². The highest BCUT2D eigenvalue weighted by molar-refractivity contribution is 4.98. The predicted octanol–water partition coefficient (Wildman–Crippen LogP) is 5.15. The molecule has 112 valence electrons. The van der Waals surface area contributed by atoms with E-state index < -0.39 is 0 Å². The second-order valence-electron chi connectivity index (χ2n) is 7.69. The Morgan fingerprint density at radius 3 is 2.00 bits per heavy atom. The van der Waals surface area contributed by atoms with Crippen LogP contribution in [0.25, 0.3) is 0 Å². The summed E-state index contributed by atoms with van der Waals surface area (Å²) in [7, 11) is 2.23. The van der Waals surface area contributed by atoms with Gasteiger partial charge in [-0.2, -0.15) is 0 Å². The van der Waals surface area contributed by atoms with Crippen molar-refractivity contribution in [3.8, 4) is 0 Å². The van der Waals surface area contributed by atoms with E-state index in [0.29, 0.717) is 5.41 Å². The summed E-state index contributed by atoms with van der Waals surface area (Å²) in [6, 6.07) is 0.787. The Balaban J connectivity index is 2.11. The van der Waals surface area contributed by atoms with Crippen LogP contribution in [0.3, 0.4) is 0 Å². The van der Waals surface area contributed by atoms with Crippen LogP contribution in [-0.2, 0) is 0 Å². The van der Waals surface area contributed by atoms with Crippen LogP contribution < -0.4 is 5.32 Å². The molecule has 2 saturated carbocycles. The summed E-state index contributed by atoms with van der Waals surface area (Å²) in [5.41, 5.74) is 0.623. The van der Waals surface area contributed by atoms with Gasteiger partial charge >= 0.3 is 0 Å². The fourth-order valence-corrected chi connectivity index (χ4v) is 5.22. The van der Waals surface area contributed by atoms with E-state index in [2.05, 4.69) is 26.2 Å². The summed E-state index contributed by atoms with van der Waals surface area (Å²) in [6.45, 7) is 4.83. The summed E-state index contributed by atoms with van der Waals surface area (Å²) in [6.07, 6.45) is 16.2. The lowest BCUT2D eigenvalue weighted by atomic mass is 9.67. The molecular formula is C18H35N. The molecule has 0 heterocycles. The van der Waals surface area contributed by atoms with Gasteiger partial charge in [-0.1, -0.05) is 52.4 Å². The summed E-state index contributed by atoms with van der Waals surface area (Å²) in [5.74, 6) is 1.80. The Labute approximate surface area is 120 Å². The molecule has 1 nitrogen and oxygen atoms in total. The highest BCUT2D eigenvalue weighted by Gasteiger charge is 2.43. The topological polar surface area (TPSA) is 12.0 Å². The monoisotopic (exact) mass is 265 g/mol. The summed E-state index contributed by atoms with van der Waals surface area (Å²) in [5, 5.41) is 3.79. The number of rotatable bonds is 5. The second-order valence-corrected chi connectivity index (χ2v) is 7.69. The SMILES string of the molecule is CNC(C1CCCCCC1)C1(CC(C)C)CCCC1. The van der Waals surface area contributed by atoms with Gasteiger partial charge in [-0.3, -0.25) is 0 Å². The van der Waals surface area contributed by atoms with Gasteiger partial charge in [-0.05, 0) is 56.4 Å². The Hall–Kier alpha value is -0.0400. The molecular weight excluding hydrogens is 230 g/mol. The van der Waals surface area contributed by atoms with Crippen LogP contribution in [0.2, 0.25) is 0 Å². The lowest BCUT2D eigenvalue weighted by Gasteiger charge is -2.43. The molecule has 0 spiro atoms. The van der Waals surface area contributed by atoms with E-state index in [1.807, 2.05) is 0 Å². The third-order valence-corrected chi connectivity index (χ3v) is 5.76. The van der Waals surface area contributed by atoms with Gasteiger partial charge in [0.15, 0.2) is 0 Å². The van der Waals surface area contributed by atoms with Gasteiger partial charge in [0.05, 0.1) is 0 Å². The van der Waals surface area contributed by atoms with Crippen molar-refractivity contribution in [1.29, 1.82) is 0 Å². The van der Waals surface area contributed by atoms with E-state index in [1.165, 1.54) is 70.6 Å². The maximum absolute atomic E-state index is 3.79. The van der Waals surface area contributed by atoms with Crippen molar-refractivity contribution in [3.05, 3.63) is 0 Å². The summed E-state index contributed by atoms with van der Waals surface area (Å²) >= 11 is 0. The first-order valence-corrected chi connectivity index (χ1v) is 8.85. The van der Waals surface area contributed by atoms with E-state index in [-0.39, 0.29) is 0 Å². The van der Waals surface area contributed by atoms with Crippen molar-refractivity contribution in [2.45, 2.75) is 90.5 Å². The first-order chi connectivity index (χ1) is 9.18. The van der Waals surface area contributed by atoms with Crippen LogP contribution in [0, 0.1) is 17.3 Å². The molecule has 0 radical (unpaired) electrons. The molecule has 0 aromatic heterocycles. The summed E-state index contributed by atoms with van der Waals surface area (Å²) in [4.78, 5) is 0. The van der Waals surface area contributed by atoms with Crippen molar-refractivity contribution in [1.82, 2.24) is 5.32 Å². The first kappa shape index (κ1) is 15.4. The van der Waals surface area contributed by atoms with Gasteiger partial charge < -0.3 is 5.32 Å². The lowest BCUT2D eigenvalue weighted by molar-refractivity contribution is 0.108. The lowest BCUT2D eigenvalue weighted by Crippen LogP contribution is -2.48. The van der Waals surface area contributed by atoms with Crippen LogP contribution in [0.15, 0.2) is 0 Å². The highest BCUT2D eigenvalue weighted by atomic mass is 14.9. The van der Waals surface area contributed by atoms with E-state index in [0.717, 1.165) is 17.9 Å². The zero-order valence-electron chi connectivity index (χ0n) is 13.5. The molecule has 0 aromatic carbocycles. The largest absolute Gasteiger partial charge is 0.316 e. The zero-order chi connectivity index (χ0) is 13.7. The minimum Gasteiger partial charge on any atom is -0.316 e. The zero-order valence-corrected chi connectivity index (χ0v) is 13.5. The Kier molecular flexibility index (Phi) is 5.74. The molecule has 1 unspecified atom stereocenters. The van der Waals surface area contributed by atoms with Crippen molar-refractivity contribution < 1.29 is 0 Å². The fraction of sp³-hybridized carbons (Fsp3) is 1.00. The van der Waals surface area contributed by atoms with E-state index in [1.54, 1.807) is 0 Å². The van der Waals surface area contributed by atoms with Crippen LogP contribution >= 0.6 is 0 Å². The van der Waals surface area contributed by atoms with Crippen LogP contribution in [0.4, 0.5) is 0 Å². The molecule has 2 aliphatic carbocycles. The maximum Gasteiger partial charge on any atom is 0.0149 e. The van der Waals surface area contributed by atoms with Crippen LogP contribution in [0.1, 0.15) is 84.5 Å². The van der Waals surface area contributed by atoms with Crippen LogP contribution in [0.5, 0.6) is 0 Å². The maximum atomic E-state index is 3.79. The normalized spacial score (nSPS) is 26.5. The Morgan fingerprint density at radius 2 is 1.53 bits per heavy atom. The first-order valence-electron chi connectivity index (χ1n) is 8.85. The van der Waals surface area contributed by atoms with Crippen molar-refractivity contribution in [2.75, 3.05) is 7.05 Å². The molecule has 0 saturated heterocycles. The average molecular weight is 265 g/mol. The second kappa shape index (κ2) is 7.11. The molecule has 19 heavy (non-hydrogen) atoms. The van der Waals surface area contributed by atoms with Gasteiger partial charge in [0.25, 0.3) is 0 Å². The quantitative estimate of drug-likeness (QED) is 0.678. The van der Waals surface area contributed by atoms with E-state index in [4.69, 9.17) is 0 Å². The molecule has 0 aliphatic heterocycles. The smallest absolute Gasteiger partial charge is 0.0149 e. The predicted molar refractivity (Wildman–Crippen MR) is 84.4 cm³/mol. The molecule has 2 aliphatic rings. The Morgan fingerprint density at radius 1 is 0.947 bits per heavy atom. The van der Waals surface area contributed by atoms with Gasteiger partial charge in [-0.25, -0.2) is 0 Å². The Bertz CT molecular complexity index is 244. The molecule has 2 fully saturated rings. The molecule has 2 rings (SSSR count).